The molecule has 0 radical (unpaired) electrons. The second kappa shape index (κ2) is 4.34. The van der Waals surface area contributed by atoms with Gasteiger partial charge in [-0.3, -0.25) is 0 Å². The standard InChI is InChI=1S/C16H20O3/c1-3-10-16(14(17)18-4-2)15(19-16)11-9-12-7-5-6-8-13(12)15/h5-8H,3-4,9-11H2,1-2H3. The van der Waals surface area contributed by atoms with Crippen LogP contribution in [0.15, 0.2) is 24.3 Å². The van der Waals surface area contributed by atoms with Gasteiger partial charge < -0.3 is 9.47 Å². The van der Waals surface area contributed by atoms with Crippen molar-refractivity contribution in [2.24, 2.45) is 0 Å². The molecule has 0 aromatic heterocycles. The summed E-state index contributed by atoms with van der Waals surface area (Å²) in [6.07, 6.45) is 3.54. The summed E-state index contributed by atoms with van der Waals surface area (Å²) < 4.78 is 11.3. The molecule has 0 bridgehead atoms. The number of carbonyl (C=O) groups is 1. The monoisotopic (exact) mass is 260 g/mol. The second-order valence-corrected chi connectivity index (χ2v) is 5.38. The molecule has 2 unspecified atom stereocenters. The van der Waals surface area contributed by atoms with Gasteiger partial charge in [0.25, 0.3) is 0 Å². The highest BCUT2D eigenvalue weighted by molar-refractivity contribution is 5.86. The van der Waals surface area contributed by atoms with Crippen LogP contribution in [0.4, 0.5) is 0 Å². The molecule has 1 spiro atoms. The van der Waals surface area contributed by atoms with Gasteiger partial charge in [0.05, 0.1) is 6.61 Å². The van der Waals surface area contributed by atoms with Crippen molar-refractivity contribution < 1.29 is 14.3 Å². The summed E-state index contributed by atoms with van der Waals surface area (Å²) >= 11 is 0. The Morgan fingerprint density at radius 3 is 2.89 bits per heavy atom. The van der Waals surface area contributed by atoms with Crippen molar-refractivity contribution in [3.05, 3.63) is 35.4 Å². The normalized spacial score (nSPS) is 31.3. The van der Waals surface area contributed by atoms with Crippen LogP contribution < -0.4 is 0 Å². The van der Waals surface area contributed by atoms with E-state index in [0.29, 0.717) is 6.61 Å². The van der Waals surface area contributed by atoms with Crippen LogP contribution >= 0.6 is 0 Å². The molecule has 1 heterocycles. The molecule has 1 aliphatic carbocycles. The fourth-order valence-corrected chi connectivity index (χ4v) is 3.54. The third kappa shape index (κ3) is 1.57. The van der Waals surface area contributed by atoms with Gasteiger partial charge in [-0.15, -0.1) is 0 Å². The van der Waals surface area contributed by atoms with Gasteiger partial charge in [0, 0.05) is 0 Å². The third-order valence-corrected chi connectivity index (χ3v) is 4.37. The quantitative estimate of drug-likeness (QED) is 0.617. The zero-order valence-electron chi connectivity index (χ0n) is 11.6. The van der Waals surface area contributed by atoms with Crippen LogP contribution in [0, 0.1) is 0 Å². The van der Waals surface area contributed by atoms with E-state index in [1.165, 1.54) is 11.1 Å². The Morgan fingerprint density at radius 2 is 2.16 bits per heavy atom. The minimum absolute atomic E-state index is 0.187. The van der Waals surface area contributed by atoms with E-state index in [2.05, 4.69) is 19.1 Å². The maximum atomic E-state index is 12.3. The van der Waals surface area contributed by atoms with Gasteiger partial charge in [-0.2, -0.15) is 0 Å². The molecular weight excluding hydrogens is 240 g/mol. The van der Waals surface area contributed by atoms with E-state index in [1.807, 2.05) is 19.1 Å². The van der Waals surface area contributed by atoms with Gasteiger partial charge in [-0.25, -0.2) is 4.79 Å². The predicted octanol–water partition coefficient (Wildman–Crippen LogP) is 2.96. The summed E-state index contributed by atoms with van der Waals surface area (Å²) in [5.74, 6) is -0.187. The van der Waals surface area contributed by atoms with E-state index in [4.69, 9.17) is 9.47 Å². The average molecular weight is 260 g/mol. The molecule has 1 aromatic carbocycles. The summed E-state index contributed by atoms with van der Waals surface area (Å²) in [5, 5.41) is 0. The number of ether oxygens (including phenoxy) is 2. The van der Waals surface area contributed by atoms with E-state index in [9.17, 15) is 4.79 Å². The summed E-state index contributed by atoms with van der Waals surface area (Å²) in [5.41, 5.74) is 1.36. The number of aryl methyl sites for hydroxylation is 1. The molecule has 1 aromatic rings. The SMILES string of the molecule is CCCC1(C(=O)OCC)OC12CCc1ccccc12. The van der Waals surface area contributed by atoms with Crippen molar-refractivity contribution in [2.75, 3.05) is 6.61 Å². The molecule has 3 nitrogen and oxygen atoms in total. The lowest BCUT2D eigenvalue weighted by Gasteiger charge is -2.15. The fourth-order valence-electron chi connectivity index (χ4n) is 3.54. The Morgan fingerprint density at radius 1 is 1.37 bits per heavy atom. The lowest BCUT2D eigenvalue weighted by atomic mass is 9.84. The number of hydrogen-bond acceptors (Lipinski definition) is 3. The first kappa shape index (κ1) is 12.7. The topological polar surface area (TPSA) is 38.8 Å². The van der Waals surface area contributed by atoms with Crippen LogP contribution in [-0.4, -0.2) is 18.2 Å². The van der Waals surface area contributed by atoms with Gasteiger partial charge in [-0.1, -0.05) is 37.6 Å². The molecule has 1 saturated heterocycles. The summed E-state index contributed by atoms with van der Waals surface area (Å²) in [6.45, 7) is 4.33. The van der Waals surface area contributed by atoms with Gasteiger partial charge in [0.15, 0.2) is 5.60 Å². The highest BCUT2D eigenvalue weighted by atomic mass is 16.7. The van der Waals surface area contributed by atoms with Crippen molar-refractivity contribution in [1.29, 1.82) is 0 Å². The van der Waals surface area contributed by atoms with Crippen LogP contribution in [0.1, 0.15) is 44.2 Å². The van der Waals surface area contributed by atoms with Crippen molar-refractivity contribution in [3.8, 4) is 0 Å². The molecule has 0 amide bonds. The second-order valence-electron chi connectivity index (χ2n) is 5.38. The van der Waals surface area contributed by atoms with Gasteiger partial charge in [0.1, 0.15) is 5.60 Å². The first-order valence-corrected chi connectivity index (χ1v) is 7.16. The van der Waals surface area contributed by atoms with E-state index in [0.717, 1.165) is 25.7 Å². The molecule has 0 saturated carbocycles. The summed E-state index contributed by atoms with van der Waals surface area (Å²) in [4.78, 5) is 12.3. The minimum atomic E-state index is -0.732. The molecular formula is C16H20O3. The first-order chi connectivity index (χ1) is 9.20. The van der Waals surface area contributed by atoms with Gasteiger partial charge in [0.2, 0.25) is 0 Å². The number of hydrogen-bond donors (Lipinski definition) is 0. The van der Waals surface area contributed by atoms with Crippen LogP contribution in [0.2, 0.25) is 0 Å². The molecule has 102 valence electrons. The van der Waals surface area contributed by atoms with E-state index < -0.39 is 11.2 Å². The van der Waals surface area contributed by atoms with Crippen LogP contribution in [-0.2, 0) is 26.3 Å². The molecule has 2 aliphatic rings. The Kier molecular flexibility index (Phi) is 2.90. The maximum absolute atomic E-state index is 12.3. The van der Waals surface area contributed by atoms with Crippen LogP contribution in [0.5, 0.6) is 0 Å². The van der Waals surface area contributed by atoms with Gasteiger partial charge in [-0.05, 0) is 37.3 Å². The van der Waals surface area contributed by atoms with E-state index >= 15 is 0 Å². The number of benzene rings is 1. The molecule has 3 heteroatoms. The van der Waals surface area contributed by atoms with E-state index in [-0.39, 0.29) is 5.97 Å². The number of rotatable bonds is 4. The highest BCUT2D eigenvalue weighted by Crippen LogP contribution is 2.64. The number of fused-ring (bicyclic) bond motifs is 2. The average Bonchev–Trinajstić information content (AvgIpc) is 2.92. The lowest BCUT2D eigenvalue weighted by molar-refractivity contribution is -0.149. The van der Waals surface area contributed by atoms with Crippen molar-refractivity contribution in [1.82, 2.24) is 0 Å². The molecule has 3 rings (SSSR count). The Balaban J connectivity index is 1.97. The summed E-state index contributed by atoms with van der Waals surface area (Å²) in [7, 11) is 0. The van der Waals surface area contributed by atoms with Crippen LogP contribution in [0.25, 0.3) is 0 Å². The Bertz CT molecular complexity index is 510. The number of esters is 1. The zero-order valence-corrected chi connectivity index (χ0v) is 11.6. The largest absolute Gasteiger partial charge is 0.464 e. The predicted molar refractivity (Wildman–Crippen MR) is 71.8 cm³/mol. The lowest BCUT2D eigenvalue weighted by Crippen LogP contribution is -2.33. The van der Waals surface area contributed by atoms with Gasteiger partial charge >= 0.3 is 5.97 Å². The van der Waals surface area contributed by atoms with E-state index in [1.54, 1.807) is 0 Å². The summed E-state index contributed by atoms with van der Waals surface area (Å²) in [6, 6.07) is 8.30. The minimum Gasteiger partial charge on any atom is -0.464 e. The van der Waals surface area contributed by atoms with Crippen molar-refractivity contribution >= 4 is 5.97 Å². The fraction of sp³-hybridized carbons (Fsp3) is 0.562. The molecule has 19 heavy (non-hydrogen) atoms. The first-order valence-electron chi connectivity index (χ1n) is 7.16. The molecule has 1 fully saturated rings. The number of epoxide rings is 1. The van der Waals surface area contributed by atoms with Crippen LogP contribution in [0.3, 0.4) is 0 Å². The highest BCUT2D eigenvalue weighted by Gasteiger charge is 2.76. The van der Waals surface area contributed by atoms with Crippen molar-refractivity contribution in [2.45, 2.75) is 50.7 Å². The zero-order chi connectivity index (χ0) is 13.5. The Labute approximate surface area is 113 Å². The Hall–Kier alpha value is -1.35. The number of carbonyl (C=O) groups excluding carboxylic acids is 1. The van der Waals surface area contributed by atoms with Crippen molar-refractivity contribution in [3.63, 3.8) is 0 Å². The molecule has 2 atom stereocenters. The maximum Gasteiger partial charge on any atom is 0.341 e. The third-order valence-electron chi connectivity index (χ3n) is 4.37. The molecule has 0 N–H and O–H groups in total. The smallest absolute Gasteiger partial charge is 0.341 e. The molecule has 1 aliphatic heterocycles.